The van der Waals surface area contributed by atoms with Gasteiger partial charge in [-0.25, -0.2) is 4.79 Å². The second kappa shape index (κ2) is 44.9. The number of anilines is 2. The number of benzene rings is 6. The van der Waals surface area contributed by atoms with Crippen LogP contribution in [0.15, 0.2) is 161 Å². The normalized spacial score (nSPS) is 14.5. The Morgan fingerprint density at radius 3 is 1.61 bits per heavy atom. The first-order chi connectivity index (χ1) is 54.6. The Hall–Kier alpha value is -12.1. The molecule has 1 saturated heterocycles. The van der Waals surface area contributed by atoms with Crippen molar-refractivity contribution in [1.82, 2.24) is 52.8 Å². The summed E-state index contributed by atoms with van der Waals surface area (Å²) in [6.45, 7) is 4.93. The smallest absolute Gasteiger partial charge is 0.481 e. The predicted molar refractivity (Wildman–Crippen MR) is 420 cm³/mol. The van der Waals surface area contributed by atoms with Gasteiger partial charge in [0.05, 0.1) is 18.0 Å². The average Bonchev–Trinajstić information content (AvgIpc) is 1.14. The van der Waals surface area contributed by atoms with Gasteiger partial charge >= 0.3 is 18.1 Å². The maximum atomic E-state index is 14.8. The molecule has 0 unspecified atom stereocenters. The van der Waals surface area contributed by atoms with Crippen LogP contribution in [0.25, 0.3) is 10.8 Å². The number of nitrogens with one attached hydrogen (secondary N) is 11. The quantitative estimate of drug-likeness (QED) is 0.00764. The van der Waals surface area contributed by atoms with E-state index in [1.54, 1.807) is 111 Å². The molecule has 1 fully saturated rings. The summed E-state index contributed by atoms with van der Waals surface area (Å²) in [4.78, 5) is 154. The molecule has 1 aliphatic rings. The third-order valence-corrected chi connectivity index (χ3v) is 19.0. The van der Waals surface area contributed by atoms with Gasteiger partial charge in [0.2, 0.25) is 47.3 Å². The molecule has 17 N–H and O–H groups in total. The van der Waals surface area contributed by atoms with Crippen molar-refractivity contribution in [2.75, 3.05) is 57.1 Å². The number of fused-ring (bicyclic) bond motifs is 1. The van der Waals surface area contributed by atoms with Crippen LogP contribution >= 0.6 is 0 Å². The zero-order valence-electron chi connectivity index (χ0n) is 64.1. The number of guanidine groups is 1. The fraction of sp³-hybridized carbons (Fsp3) is 0.410. The van der Waals surface area contributed by atoms with Crippen LogP contribution in [-0.4, -0.2) is 206 Å². The molecule has 115 heavy (non-hydrogen) atoms. The van der Waals surface area contributed by atoms with E-state index in [0.717, 1.165) is 5.69 Å². The number of carboxylic acids is 2. The highest BCUT2D eigenvalue weighted by molar-refractivity contribution is 7.86. The number of carbonyl (C=O) groups is 11. The van der Waals surface area contributed by atoms with Crippen molar-refractivity contribution in [3.05, 3.63) is 162 Å². The first kappa shape index (κ1) is 91.8. The third kappa shape index (κ3) is 30.1. The minimum absolute atomic E-state index is 0.0201. The van der Waals surface area contributed by atoms with Gasteiger partial charge in [0.15, 0.2) is 5.96 Å². The molecule has 8 atom stereocenters. The first-order valence-corrected chi connectivity index (χ1v) is 38.5. The highest BCUT2D eigenvalue weighted by Gasteiger charge is 2.41. The van der Waals surface area contributed by atoms with Crippen molar-refractivity contribution >= 4 is 115 Å². The molecule has 0 bridgehead atoms. The number of rotatable bonds is 41. The van der Waals surface area contributed by atoms with Crippen molar-refractivity contribution < 1.29 is 94.2 Å². The van der Waals surface area contributed by atoms with Crippen LogP contribution in [0.4, 0.5) is 35.9 Å². The van der Waals surface area contributed by atoms with E-state index in [2.05, 4.69) is 63.4 Å². The monoisotopic (exact) mass is 1620 g/mol. The molecule has 37 heteroatoms. The summed E-state index contributed by atoms with van der Waals surface area (Å²) >= 11 is 0. The van der Waals surface area contributed by atoms with Crippen molar-refractivity contribution in [1.29, 1.82) is 5.41 Å². The van der Waals surface area contributed by atoms with Crippen molar-refractivity contribution in [2.45, 2.75) is 157 Å². The second-order valence-corrected chi connectivity index (χ2v) is 29.0. The SMILES string of the molecule is CCCC[C@H](NC(=O)[C@H](CCCNC(=N)N)NC(=O)[C@H](CCC(=O)O)NC(=O)c1ccc(N=Nc2ccc(N(C)C)cc2)cc1)C(=O)N[C@@H](Cc1ccccc1)C(=O)N[C@@H](CC(C)C)C(=O)N[C@@H](CO)C(=O)N[C@@H](Cc1ccccc1)C(=O)N1CCC[C@H]1C(=O)NCCNc1cccc2c(S(=O)(=O)O)cccc12.O=C(O)C(F)(F)F. The number of nitrogens with zero attached hydrogens (tertiary/aromatic N) is 4. The number of alkyl halides is 3. The van der Waals surface area contributed by atoms with Gasteiger partial charge in [-0.05, 0) is 123 Å². The lowest BCUT2D eigenvalue weighted by Gasteiger charge is -2.30. The molecule has 6 aromatic rings. The zero-order chi connectivity index (χ0) is 84.5. The third-order valence-electron chi connectivity index (χ3n) is 18.1. The Kier molecular flexibility index (Phi) is 35.9. The van der Waals surface area contributed by atoms with E-state index in [0.29, 0.717) is 64.6 Å². The number of carboxylic acid groups (broad SMARTS) is 2. The van der Waals surface area contributed by atoms with Crippen molar-refractivity contribution in [2.24, 2.45) is 21.9 Å². The molecule has 0 saturated carbocycles. The van der Waals surface area contributed by atoms with Gasteiger partial charge in [0.25, 0.3) is 16.0 Å². The average molecular weight is 1620 g/mol. The van der Waals surface area contributed by atoms with Gasteiger partial charge in [-0.15, -0.1) is 0 Å². The maximum Gasteiger partial charge on any atom is 0.490 e. The molecule has 1 aliphatic heterocycles. The van der Waals surface area contributed by atoms with Crippen LogP contribution in [0.5, 0.6) is 0 Å². The molecule has 0 radical (unpaired) electrons. The number of unbranched alkanes of at least 4 members (excludes halogenated alkanes) is 1. The van der Waals surface area contributed by atoms with Gasteiger partial charge in [-0.3, -0.25) is 57.9 Å². The van der Waals surface area contributed by atoms with Crippen LogP contribution in [0.1, 0.15) is 106 Å². The lowest BCUT2D eigenvalue weighted by atomic mass is 10.00. The lowest BCUT2D eigenvalue weighted by Crippen LogP contribution is -2.61. The number of halogens is 3. The number of aliphatic hydroxyl groups excluding tert-OH is 1. The number of azo groups is 1. The molecular formula is C78H99F3N16O17S. The van der Waals surface area contributed by atoms with Crippen LogP contribution in [0.3, 0.4) is 0 Å². The summed E-state index contributed by atoms with van der Waals surface area (Å²) in [6, 6.07) is 28.9. The highest BCUT2D eigenvalue weighted by atomic mass is 32.2. The minimum atomic E-state index is -5.08. The first-order valence-electron chi connectivity index (χ1n) is 37.1. The lowest BCUT2D eigenvalue weighted by molar-refractivity contribution is -0.192. The van der Waals surface area contributed by atoms with Gasteiger partial charge in [0, 0.05) is 87.2 Å². The number of nitrogens with two attached hydrogens (primary N) is 1. The molecule has 620 valence electrons. The summed E-state index contributed by atoms with van der Waals surface area (Å²) in [5, 5.41) is 72.0. The fourth-order valence-electron chi connectivity index (χ4n) is 12.2. The van der Waals surface area contributed by atoms with E-state index in [-0.39, 0.29) is 87.0 Å². The van der Waals surface area contributed by atoms with Gasteiger partial charge in [-0.2, -0.15) is 31.8 Å². The summed E-state index contributed by atoms with van der Waals surface area (Å²) in [6.07, 6.45) is -4.57. The fourth-order valence-corrected chi connectivity index (χ4v) is 12.9. The summed E-state index contributed by atoms with van der Waals surface area (Å²) in [5.41, 5.74) is 9.34. The summed E-state index contributed by atoms with van der Waals surface area (Å²) in [7, 11) is -0.705. The molecule has 7 rings (SSSR count). The van der Waals surface area contributed by atoms with Crippen LogP contribution in [0, 0.1) is 11.3 Å². The van der Waals surface area contributed by atoms with E-state index < -0.39 is 149 Å². The highest BCUT2D eigenvalue weighted by Crippen LogP contribution is 2.30. The Balaban J connectivity index is 0.00000280. The second-order valence-electron chi connectivity index (χ2n) is 27.6. The Morgan fingerprint density at radius 1 is 0.591 bits per heavy atom. The Labute approximate surface area is 662 Å². The number of hydrogen-bond acceptors (Lipinski definition) is 19. The molecule has 1 heterocycles. The maximum absolute atomic E-state index is 14.8. The molecule has 9 amide bonds. The Bertz CT molecular complexity index is 4470. The molecule has 0 aromatic heterocycles. The van der Waals surface area contributed by atoms with Crippen LogP contribution in [-0.2, 0) is 70.9 Å². The Morgan fingerprint density at radius 2 is 1.08 bits per heavy atom. The molecule has 33 nitrogen and oxygen atoms in total. The van der Waals surface area contributed by atoms with Gasteiger partial charge in [-0.1, -0.05) is 119 Å². The molecule has 0 aliphatic carbocycles. The van der Waals surface area contributed by atoms with E-state index in [1.165, 1.54) is 41.3 Å². The number of carbonyl (C=O) groups excluding carboxylic acids is 9. The van der Waals surface area contributed by atoms with Crippen LogP contribution in [0.2, 0.25) is 0 Å². The van der Waals surface area contributed by atoms with E-state index in [1.807, 2.05) is 38.1 Å². The number of hydrogen-bond donors (Lipinski definition) is 16. The largest absolute Gasteiger partial charge is 0.490 e. The van der Waals surface area contributed by atoms with E-state index >= 15 is 0 Å². The van der Waals surface area contributed by atoms with Crippen molar-refractivity contribution in [3.63, 3.8) is 0 Å². The number of aliphatic hydroxyl groups is 1. The topological polar surface area (TPSA) is 504 Å². The molecular weight excluding hydrogens is 1520 g/mol. The number of amides is 9. The minimum Gasteiger partial charge on any atom is -0.481 e. The standard InChI is InChI=1S/C76H98N16O15S.C2HF3O2/c1-6-7-24-57(83-68(97)58(26-16-39-81-76(77)78)84-70(99)59(37-38-66(94)95)82-67(96)50-29-31-51(32-30-50)89-90-52-33-35-53(36-34-52)91(4)5)69(98)86-61(44-48-18-10-8-11-19-48)72(101)85-60(43-47(2)3)71(100)88-63(46-93)73(102)87-62(45-49-20-12-9-13-21-49)75(104)92-42-17-27-64(92)74(103)80-41-40-79-56-25-14-23-55-54(56)22-15-28-65(55)108(105,106)107;3-2(4,5)1(6)7/h8-15,18-23,25,28-36,47,57-64,79,93H,6-7,16-17,24,26-27,37-46H2,1-5H3,(H,80,103)(H,82,96)(H,83,97)(H,84,99)(H,85,101)(H,86,98)(H,87,102)(H,88,100)(H,94,95)(H4,77,78,81)(H,105,106,107);(H,6,7)/t57-,58-,59-,60-,61-,62-,63-,64-;/m0./s1. The van der Waals surface area contributed by atoms with Crippen LogP contribution < -0.4 is 63.8 Å². The van der Waals surface area contributed by atoms with Crippen molar-refractivity contribution in [3.8, 4) is 0 Å². The summed E-state index contributed by atoms with van der Waals surface area (Å²) < 4.78 is 65.7. The summed E-state index contributed by atoms with van der Waals surface area (Å²) in [5.74, 6) is -11.9. The number of aliphatic carboxylic acids is 2. The molecule has 6 aromatic carbocycles. The van der Waals surface area contributed by atoms with Gasteiger partial charge in [0.1, 0.15) is 53.2 Å². The molecule has 0 spiro atoms. The predicted octanol–water partition coefficient (Wildman–Crippen LogP) is 5.27. The van der Waals surface area contributed by atoms with E-state index in [9.17, 15) is 84.3 Å². The zero-order valence-corrected chi connectivity index (χ0v) is 64.9. The van der Waals surface area contributed by atoms with Gasteiger partial charge < -0.3 is 84.0 Å². The number of likely N-dealkylation sites (tertiary alicyclic amines) is 1. The van der Waals surface area contributed by atoms with E-state index in [4.69, 9.17) is 21.0 Å².